The Labute approximate surface area is 50.3 Å². The van der Waals surface area contributed by atoms with Gasteiger partial charge in [0.15, 0.2) is 0 Å². The van der Waals surface area contributed by atoms with Crippen molar-refractivity contribution in [3.8, 4) is 0 Å². The van der Waals surface area contributed by atoms with E-state index < -0.39 is 0 Å². The molecule has 3 rings (SSSR count). The third-order valence-electron chi connectivity index (χ3n) is 3.41. The van der Waals surface area contributed by atoms with Crippen LogP contribution in [0.4, 0.5) is 0 Å². The molecule has 0 aromatic heterocycles. The van der Waals surface area contributed by atoms with E-state index in [2.05, 4.69) is 0 Å². The SMILES string of the molecule is C1CC12CC1(CC1)C2. The van der Waals surface area contributed by atoms with Crippen molar-refractivity contribution in [2.75, 3.05) is 0 Å². The lowest BCUT2D eigenvalue weighted by molar-refractivity contribution is 0.144. The number of hydrogen-bond donors (Lipinski definition) is 0. The molecule has 3 aliphatic carbocycles. The van der Waals surface area contributed by atoms with Crippen molar-refractivity contribution in [3.05, 3.63) is 0 Å². The Bertz CT molecular complexity index is 112. The van der Waals surface area contributed by atoms with E-state index in [0.29, 0.717) is 0 Å². The summed E-state index contributed by atoms with van der Waals surface area (Å²) in [6.45, 7) is 0. The second-order valence-electron chi connectivity index (χ2n) is 4.35. The zero-order valence-corrected chi connectivity index (χ0v) is 5.24. The standard InChI is InChI=1S/C8H12/c1-2-7(1)5-8(6-7)3-4-8/h1-6H2. The van der Waals surface area contributed by atoms with E-state index in [1.54, 1.807) is 38.5 Å². The zero-order valence-electron chi connectivity index (χ0n) is 5.24. The van der Waals surface area contributed by atoms with Gasteiger partial charge in [0.1, 0.15) is 0 Å². The van der Waals surface area contributed by atoms with Gasteiger partial charge in [-0.2, -0.15) is 0 Å². The highest BCUT2D eigenvalue weighted by molar-refractivity contribution is 5.16. The van der Waals surface area contributed by atoms with Gasteiger partial charge in [0.25, 0.3) is 0 Å². The first kappa shape index (κ1) is 3.92. The van der Waals surface area contributed by atoms with Crippen LogP contribution in [-0.2, 0) is 0 Å². The van der Waals surface area contributed by atoms with Crippen LogP contribution in [0.2, 0.25) is 0 Å². The summed E-state index contributed by atoms with van der Waals surface area (Å²) in [6, 6.07) is 0. The van der Waals surface area contributed by atoms with Gasteiger partial charge in [0, 0.05) is 0 Å². The monoisotopic (exact) mass is 108 g/mol. The fraction of sp³-hybridized carbons (Fsp3) is 1.00. The van der Waals surface area contributed by atoms with E-state index in [-0.39, 0.29) is 0 Å². The maximum atomic E-state index is 1.62. The van der Waals surface area contributed by atoms with Crippen LogP contribution in [0.3, 0.4) is 0 Å². The van der Waals surface area contributed by atoms with E-state index in [1.165, 1.54) is 0 Å². The lowest BCUT2D eigenvalue weighted by atomic mass is 9.69. The van der Waals surface area contributed by atoms with Crippen LogP contribution in [0.5, 0.6) is 0 Å². The lowest BCUT2D eigenvalue weighted by Gasteiger charge is -2.36. The molecule has 0 aliphatic heterocycles. The van der Waals surface area contributed by atoms with Crippen LogP contribution < -0.4 is 0 Å². The summed E-state index contributed by atoms with van der Waals surface area (Å²) >= 11 is 0. The molecule has 8 heavy (non-hydrogen) atoms. The van der Waals surface area contributed by atoms with Gasteiger partial charge in [0.05, 0.1) is 0 Å². The molecule has 44 valence electrons. The molecular weight excluding hydrogens is 96.1 g/mol. The third-order valence-corrected chi connectivity index (χ3v) is 3.41. The Kier molecular flexibility index (Phi) is 0.381. The maximum Gasteiger partial charge on any atom is -0.0287 e. The molecule has 0 atom stereocenters. The van der Waals surface area contributed by atoms with Crippen LogP contribution in [-0.4, -0.2) is 0 Å². The molecule has 0 aromatic rings. The Morgan fingerprint density at radius 1 is 0.625 bits per heavy atom. The second kappa shape index (κ2) is 0.778. The molecule has 3 fully saturated rings. The normalized spacial score (nSPS) is 42.0. The average molecular weight is 108 g/mol. The minimum Gasteiger partial charge on any atom is -0.0470 e. The van der Waals surface area contributed by atoms with E-state index in [4.69, 9.17) is 0 Å². The number of hydrogen-bond acceptors (Lipinski definition) is 0. The molecule has 0 aromatic carbocycles. The summed E-state index contributed by atoms with van der Waals surface area (Å²) in [4.78, 5) is 0. The second-order valence-corrected chi connectivity index (χ2v) is 4.35. The zero-order chi connectivity index (χ0) is 5.24. The summed E-state index contributed by atoms with van der Waals surface area (Å²) in [7, 11) is 0. The van der Waals surface area contributed by atoms with Crippen LogP contribution in [0.15, 0.2) is 0 Å². The van der Waals surface area contributed by atoms with Crippen molar-refractivity contribution < 1.29 is 0 Å². The van der Waals surface area contributed by atoms with Crippen molar-refractivity contribution in [1.82, 2.24) is 0 Å². The first-order chi connectivity index (χ1) is 3.83. The molecule has 2 spiro atoms. The summed E-state index contributed by atoms with van der Waals surface area (Å²) in [5.74, 6) is 0. The minimum atomic E-state index is 0.969. The van der Waals surface area contributed by atoms with E-state index >= 15 is 0 Å². The molecule has 3 aliphatic rings. The van der Waals surface area contributed by atoms with Crippen LogP contribution >= 0.6 is 0 Å². The van der Waals surface area contributed by atoms with Gasteiger partial charge in [-0.05, 0) is 49.4 Å². The van der Waals surface area contributed by atoms with E-state index in [9.17, 15) is 0 Å². The predicted molar refractivity (Wildman–Crippen MR) is 32.6 cm³/mol. The van der Waals surface area contributed by atoms with Gasteiger partial charge in [-0.15, -0.1) is 0 Å². The lowest BCUT2D eigenvalue weighted by Crippen LogP contribution is -2.25. The van der Waals surface area contributed by atoms with Crippen molar-refractivity contribution in [3.63, 3.8) is 0 Å². The molecule has 0 radical (unpaired) electrons. The Morgan fingerprint density at radius 2 is 1.00 bits per heavy atom. The van der Waals surface area contributed by atoms with E-state index in [0.717, 1.165) is 10.8 Å². The molecule has 0 heteroatoms. The Balaban J connectivity index is 1.83. The Hall–Kier alpha value is 0. The molecule has 0 saturated heterocycles. The van der Waals surface area contributed by atoms with E-state index in [1.807, 2.05) is 0 Å². The van der Waals surface area contributed by atoms with Gasteiger partial charge >= 0.3 is 0 Å². The molecule has 0 heterocycles. The van der Waals surface area contributed by atoms with Gasteiger partial charge < -0.3 is 0 Å². The van der Waals surface area contributed by atoms with Crippen molar-refractivity contribution >= 4 is 0 Å². The molecule has 0 amide bonds. The highest BCUT2D eigenvalue weighted by Crippen LogP contribution is 2.77. The first-order valence-corrected chi connectivity index (χ1v) is 3.83. The molecule has 0 unspecified atom stereocenters. The van der Waals surface area contributed by atoms with Crippen LogP contribution in [0.25, 0.3) is 0 Å². The topological polar surface area (TPSA) is 0 Å². The van der Waals surface area contributed by atoms with Gasteiger partial charge in [0.2, 0.25) is 0 Å². The smallest absolute Gasteiger partial charge is 0.0287 e. The molecule has 3 saturated carbocycles. The summed E-state index contributed by atoms with van der Waals surface area (Å²) in [5, 5.41) is 0. The first-order valence-electron chi connectivity index (χ1n) is 3.83. The average Bonchev–Trinajstić information content (AvgIpc) is 2.41. The van der Waals surface area contributed by atoms with Gasteiger partial charge in [-0.3, -0.25) is 0 Å². The predicted octanol–water partition coefficient (Wildman–Crippen LogP) is 2.34. The fourth-order valence-electron chi connectivity index (χ4n) is 2.60. The minimum absolute atomic E-state index is 0.969. The summed E-state index contributed by atoms with van der Waals surface area (Å²) in [6.07, 6.45) is 9.56. The highest BCUT2D eigenvalue weighted by atomic mass is 14.7. The largest absolute Gasteiger partial charge is 0.0470 e. The molecular formula is C8H12. The number of rotatable bonds is 0. The third kappa shape index (κ3) is 0.310. The Morgan fingerprint density at radius 3 is 1.25 bits per heavy atom. The van der Waals surface area contributed by atoms with Crippen molar-refractivity contribution in [2.45, 2.75) is 38.5 Å². The van der Waals surface area contributed by atoms with Crippen molar-refractivity contribution in [2.24, 2.45) is 10.8 Å². The summed E-state index contributed by atoms with van der Waals surface area (Å²) < 4.78 is 0. The van der Waals surface area contributed by atoms with Gasteiger partial charge in [-0.25, -0.2) is 0 Å². The van der Waals surface area contributed by atoms with Crippen LogP contribution in [0.1, 0.15) is 38.5 Å². The molecule has 0 bridgehead atoms. The van der Waals surface area contributed by atoms with Crippen molar-refractivity contribution in [1.29, 1.82) is 0 Å². The quantitative estimate of drug-likeness (QED) is 0.447. The summed E-state index contributed by atoms with van der Waals surface area (Å²) in [5.41, 5.74) is 1.94. The fourth-order valence-corrected chi connectivity index (χ4v) is 2.60. The maximum absolute atomic E-state index is 1.62. The highest BCUT2D eigenvalue weighted by Gasteiger charge is 2.65. The molecule has 0 nitrogen and oxygen atoms in total. The molecule has 0 N–H and O–H groups in total. The van der Waals surface area contributed by atoms with Gasteiger partial charge in [-0.1, -0.05) is 0 Å². The van der Waals surface area contributed by atoms with Crippen LogP contribution in [0, 0.1) is 10.8 Å².